The summed E-state index contributed by atoms with van der Waals surface area (Å²) in [7, 11) is 0. The van der Waals surface area contributed by atoms with Gasteiger partial charge in [-0.1, -0.05) is 0 Å². The van der Waals surface area contributed by atoms with Gasteiger partial charge in [0, 0.05) is 0 Å². The SMILES string of the molecule is O=S(O)O.[Na+].[NaH].[OH-]. The molecule has 0 heterocycles. The molecule has 0 aromatic rings. The summed E-state index contributed by atoms with van der Waals surface area (Å²) >= 11 is -2.61. The fourth-order valence-electron chi connectivity index (χ4n) is 0. The van der Waals surface area contributed by atoms with Gasteiger partial charge in [0.1, 0.15) is 0 Å². The molecular weight excluding hydrogens is 142 g/mol. The van der Waals surface area contributed by atoms with Crippen molar-refractivity contribution in [2.75, 3.05) is 0 Å². The van der Waals surface area contributed by atoms with Crippen LogP contribution >= 0.6 is 0 Å². The maximum atomic E-state index is 8.67. The molecule has 36 valence electrons. The minimum Gasteiger partial charge on any atom is -0.870 e. The molecule has 0 aromatic heterocycles. The van der Waals surface area contributed by atoms with Crippen LogP contribution in [0.25, 0.3) is 0 Å². The first kappa shape index (κ1) is 23.0. The van der Waals surface area contributed by atoms with E-state index in [9.17, 15) is 0 Å². The van der Waals surface area contributed by atoms with E-state index in [1.807, 2.05) is 0 Å². The maximum absolute atomic E-state index is 8.67. The van der Waals surface area contributed by atoms with Crippen molar-refractivity contribution in [3.63, 3.8) is 0 Å². The van der Waals surface area contributed by atoms with Gasteiger partial charge in [0.2, 0.25) is 0 Å². The molecule has 0 atom stereocenters. The molecule has 0 amide bonds. The normalized spacial score (nSPS) is 5.00. The van der Waals surface area contributed by atoms with Gasteiger partial charge in [-0.25, -0.2) is 0 Å². The van der Waals surface area contributed by atoms with E-state index in [0.717, 1.165) is 0 Å². The topological polar surface area (TPSA) is 87.5 Å². The average Bonchev–Trinajstić information content (AvgIpc) is 0.811. The second-order valence-electron chi connectivity index (χ2n) is 0.231. The van der Waals surface area contributed by atoms with Gasteiger partial charge in [-0.3, -0.25) is 9.11 Å². The average molecular weight is 146 g/mol. The Hall–Kier alpha value is 2.03. The summed E-state index contributed by atoms with van der Waals surface area (Å²) in [5, 5.41) is 0. The van der Waals surface area contributed by atoms with Crippen LogP contribution in [0.3, 0.4) is 0 Å². The molecule has 0 radical (unpaired) electrons. The molecule has 0 bridgehead atoms. The van der Waals surface area contributed by atoms with E-state index in [0.29, 0.717) is 0 Å². The zero-order valence-corrected chi connectivity index (χ0v) is 5.97. The molecule has 0 unspecified atom stereocenters. The molecule has 3 N–H and O–H groups in total. The summed E-state index contributed by atoms with van der Waals surface area (Å²) in [4.78, 5) is 0. The van der Waals surface area contributed by atoms with Crippen LogP contribution in [0.5, 0.6) is 0 Å². The van der Waals surface area contributed by atoms with Crippen LogP contribution in [-0.2, 0) is 11.4 Å². The van der Waals surface area contributed by atoms with E-state index in [1.54, 1.807) is 0 Å². The second-order valence-corrected chi connectivity index (χ2v) is 0.692. The Labute approximate surface area is 88.1 Å². The zero-order chi connectivity index (χ0) is 3.58. The van der Waals surface area contributed by atoms with E-state index in [-0.39, 0.29) is 64.6 Å². The van der Waals surface area contributed by atoms with Crippen LogP contribution in [0.1, 0.15) is 0 Å². The molecule has 0 fully saturated rings. The van der Waals surface area contributed by atoms with Crippen molar-refractivity contribution >= 4 is 40.9 Å². The first-order valence-electron chi connectivity index (χ1n) is 0.532. The second kappa shape index (κ2) is 15.7. The van der Waals surface area contributed by atoms with E-state index in [1.165, 1.54) is 0 Å². The first-order chi connectivity index (χ1) is 1.73. The Bertz CT molecular complexity index is 32.7. The largest absolute Gasteiger partial charge is 0.870 e. The van der Waals surface area contributed by atoms with E-state index in [4.69, 9.17) is 13.3 Å². The van der Waals surface area contributed by atoms with Gasteiger partial charge in [-0.05, 0) is 0 Å². The van der Waals surface area contributed by atoms with Crippen LogP contribution in [-0.4, -0.2) is 48.3 Å². The van der Waals surface area contributed by atoms with Gasteiger partial charge >= 0.3 is 59.1 Å². The van der Waals surface area contributed by atoms with Crippen LogP contribution in [0.15, 0.2) is 0 Å². The van der Waals surface area contributed by atoms with Crippen molar-refractivity contribution in [3.05, 3.63) is 0 Å². The van der Waals surface area contributed by atoms with Gasteiger partial charge < -0.3 is 5.48 Å². The minimum absolute atomic E-state index is 0. The molecule has 0 rings (SSSR count). The van der Waals surface area contributed by atoms with E-state index >= 15 is 0 Å². The summed E-state index contributed by atoms with van der Waals surface area (Å²) in [5.74, 6) is 0. The van der Waals surface area contributed by atoms with Crippen molar-refractivity contribution in [3.8, 4) is 0 Å². The van der Waals surface area contributed by atoms with Crippen molar-refractivity contribution in [1.82, 2.24) is 0 Å². The Balaban J connectivity index is -0.0000000150. The molecule has 0 saturated heterocycles. The van der Waals surface area contributed by atoms with Gasteiger partial charge in [0.25, 0.3) is 11.4 Å². The number of hydrogen-bond donors (Lipinski definition) is 2. The Morgan fingerprint density at radius 1 is 1.29 bits per heavy atom. The van der Waals surface area contributed by atoms with E-state index < -0.39 is 11.4 Å². The predicted molar refractivity (Wildman–Crippen MR) is 22.5 cm³/mol. The Kier molecular flexibility index (Phi) is 51.6. The summed E-state index contributed by atoms with van der Waals surface area (Å²) in [6.45, 7) is 0. The summed E-state index contributed by atoms with van der Waals surface area (Å²) < 4.78 is 22.8. The minimum atomic E-state index is -2.61. The number of hydrogen-bond acceptors (Lipinski definition) is 2. The molecule has 0 aliphatic rings. The van der Waals surface area contributed by atoms with Gasteiger partial charge in [-0.15, -0.1) is 0 Å². The number of rotatable bonds is 0. The molecule has 7 heavy (non-hydrogen) atoms. The molecule has 0 aromatic carbocycles. The van der Waals surface area contributed by atoms with Crippen molar-refractivity contribution < 1.29 is 48.3 Å². The fraction of sp³-hybridized carbons (Fsp3) is 0. The molecule has 0 spiro atoms. The molecule has 0 aliphatic heterocycles. The molecule has 7 heteroatoms. The van der Waals surface area contributed by atoms with Crippen LogP contribution in [0.2, 0.25) is 0 Å². The van der Waals surface area contributed by atoms with Crippen LogP contribution < -0.4 is 29.6 Å². The standard InChI is InChI=1S/2Na.H2O3S.H2O.H/c;;1-4(2)3;;/h;;(H2,1,2,3);1H2;/q;+1;;;/p-1. The third kappa shape index (κ3) is 70.9. The first-order valence-corrected chi connectivity index (χ1v) is 1.60. The molecule has 4 nitrogen and oxygen atoms in total. The third-order valence-corrected chi connectivity index (χ3v) is 0. The van der Waals surface area contributed by atoms with Gasteiger partial charge in [0.15, 0.2) is 0 Å². The van der Waals surface area contributed by atoms with Crippen molar-refractivity contribution in [1.29, 1.82) is 0 Å². The Morgan fingerprint density at radius 3 is 1.29 bits per heavy atom. The molecule has 0 saturated carbocycles. The molecule has 0 aliphatic carbocycles. The third-order valence-electron chi connectivity index (χ3n) is 0. The van der Waals surface area contributed by atoms with Crippen LogP contribution in [0.4, 0.5) is 0 Å². The van der Waals surface area contributed by atoms with Crippen molar-refractivity contribution in [2.45, 2.75) is 0 Å². The summed E-state index contributed by atoms with van der Waals surface area (Å²) in [6, 6.07) is 0. The summed E-state index contributed by atoms with van der Waals surface area (Å²) in [6.07, 6.45) is 0. The summed E-state index contributed by atoms with van der Waals surface area (Å²) in [5.41, 5.74) is 0. The predicted octanol–water partition coefficient (Wildman–Crippen LogP) is -4.14. The van der Waals surface area contributed by atoms with E-state index in [2.05, 4.69) is 0 Å². The quantitative estimate of drug-likeness (QED) is 0.268. The maximum Gasteiger partial charge on any atom is -0.870 e. The smallest absolute Gasteiger partial charge is 0.870 e. The Morgan fingerprint density at radius 2 is 1.29 bits per heavy atom. The van der Waals surface area contributed by atoms with Gasteiger partial charge in [-0.2, -0.15) is 4.21 Å². The fourth-order valence-corrected chi connectivity index (χ4v) is 0. The van der Waals surface area contributed by atoms with Gasteiger partial charge in [0.05, 0.1) is 0 Å². The molecular formula is H4Na2O4S. The monoisotopic (exact) mass is 146 g/mol. The zero-order valence-electron chi connectivity index (χ0n) is 3.16. The van der Waals surface area contributed by atoms with Crippen molar-refractivity contribution in [2.24, 2.45) is 0 Å². The van der Waals surface area contributed by atoms with Crippen LogP contribution in [0, 0.1) is 0 Å².